The predicted octanol–water partition coefficient (Wildman–Crippen LogP) is 2.63. The van der Waals surface area contributed by atoms with E-state index in [-0.39, 0.29) is 12.6 Å². The van der Waals surface area contributed by atoms with Crippen molar-refractivity contribution >= 4 is 21.6 Å². The summed E-state index contributed by atoms with van der Waals surface area (Å²) in [5.74, 6) is 0.670. The van der Waals surface area contributed by atoms with E-state index in [9.17, 15) is 5.11 Å². The molecule has 0 bridgehead atoms. The van der Waals surface area contributed by atoms with Gasteiger partial charge in [-0.15, -0.1) is 0 Å². The molecule has 0 aromatic heterocycles. The Hall–Kier alpha value is -0.540. The van der Waals surface area contributed by atoms with Crippen molar-refractivity contribution < 1.29 is 5.11 Å². The minimum absolute atomic E-state index is 0.223. The van der Waals surface area contributed by atoms with E-state index in [1.54, 1.807) is 0 Å². The third-order valence-electron chi connectivity index (χ3n) is 2.58. The average molecular weight is 256 g/mol. The van der Waals surface area contributed by atoms with Crippen LogP contribution in [0.1, 0.15) is 12.8 Å². The molecule has 2 nitrogen and oxygen atoms in total. The number of rotatable bonds is 4. The highest BCUT2D eigenvalue weighted by atomic mass is 79.9. The summed E-state index contributed by atoms with van der Waals surface area (Å²) in [7, 11) is 0. The van der Waals surface area contributed by atoms with Crippen molar-refractivity contribution in [2.45, 2.75) is 18.9 Å². The van der Waals surface area contributed by atoms with Crippen molar-refractivity contribution in [3.8, 4) is 0 Å². The smallest absolute Gasteiger partial charge is 0.0635 e. The second-order valence-corrected chi connectivity index (χ2v) is 4.69. The van der Waals surface area contributed by atoms with Gasteiger partial charge in [0.1, 0.15) is 0 Å². The molecule has 0 spiro atoms. The van der Waals surface area contributed by atoms with Crippen LogP contribution in [-0.2, 0) is 0 Å². The monoisotopic (exact) mass is 255 g/mol. The van der Waals surface area contributed by atoms with Crippen LogP contribution in [0.5, 0.6) is 0 Å². The number of aliphatic hydroxyl groups is 1. The molecular formula is C11H14BrNO. The topological polar surface area (TPSA) is 32.3 Å². The normalized spacial score (nSPS) is 17.9. The van der Waals surface area contributed by atoms with Crippen molar-refractivity contribution in [2.24, 2.45) is 5.92 Å². The van der Waals surface area contributed by atoms with Gasteiger partial charge in [0.05, 0.1) is 12.6 Å². The van der Waals surface area contributed by atoms with Crippen LogP contribution in [-0.4, -0.2) is 17.8 Å². The van der Waals surface area contributed by atoms with E-state index < -0.39 is 0 Å². The van der Waals surface area contributed by atoms with E-state index in [1.807, 2.05) is 24.3 Å². The minimum atomic E-state index is 0.223. The molecule has 1 saturated carbocycles. The predicted molar refractivity (Wildman–Crippen MR) is 61.4 cm³/mol. The maximum absolute atomic E-state index is 9.18. The van der Waals surface area contributed by atoms with Crippen molar-refractivity contribution in [1.82, 2.24) is 0 Å². The summed E-state index contributed by atoms with van der Waals surface area (Å²) in [6.45, 7) is 0.223. The van der Waals surface area contributed by atoms with Gasteiger partial charge in [0.2, 0.25) is 0 Å². The Bertz CT molecular complexity index is 295. The second kappa shape index (κ2) is 4.32. The van der Waals surface area contributed by atoms with E-state index >= 15 is 0 Å². The lowest BCUT2D eigenvalue weighted by atomic mass is 10.2. The Morgan fingerprint density at radius 2 is 2.00 bits per heavy atom. The maximum atomic E-state index is 9.18. The molecule has 1 atom stereocenters. The molecule has 1 aliphatic carbocycles. The molecule has 76 valence electrons. The number of benzene rings is 1. The lowest BCUT2D eigenvalue weighted by Crippen LogP contribution is -2.25. The Morgan fingerprint density at radius 1 is 1.36 bits per heavy atom. The van der Waals surface area contributed by atoms with Crippen molar-refractivity contribution in [3.05, 3.63) is 28.7 Å². The molecule has 1 unspecified atom stereocenters. The number of anilines is 1. The van der Waals surface area contributed by atoms with Crippen molar-refractivity contribution in [3.63, 3.8) is 0 Å². The number of aliphatic hydroxyl groups excluding tert-OH is 1. The fraction of sp³-hybridized carbons (Fsp3) is 0.455. The van der Waals surface area contributed by atoms with Crippen LogP contribution in [0.15, 0.2) is 28.7 Å². The van der Waals surface area contributed by atoms with Gasteiger partial charge in [0.15, 0.2) is 0 Å². The molecule has 1 aromatic carbocycles. The minimum Gasteiger partial charge on any atom is -0.394 e. The first kappa shape index (κ1) is 9.99. The molecule has 0 aliphatic heterocycles. The van der Waals surface area contributed by atoms with Gasteiger partial charge in [-0.05, 0) is 43.0 Å². The molecule has 0 radical (unpaired) electrons. The quantitative estimate of drug-likeness (QED) is 0.867. The SMILES string of the molecule is OCC(Nc1ccc(Br)cc1)C1CC1. The molecule has 1 fully saturated rings. The van der Waals surface area contributed by atoms with Gasteiger partial charge in [-0.1, -0.05) is 15.9 Å². The fourth-order valence-corrected chi connectivity index (χ4v) is 1.84. The highest BCUT2D eigenvalue weighted by Gasteiger charge is 2.30. The van der Waals surface area contributed by atoms with Gasteiger partial charge in [0, 0.05) is 10.2 Å². The van der Waals surface area contributed by atoms with Crippen molar-refractivity contribution in [2.75, 3.05) is 11.9 Å². The molecule has 2 rings (SSSR count). The largest absolute Gasteiger partial charge is 0.394 e. The molecule has 2 N–H and O–H groups in total. The first-order chi connectivity index (χ1) is 6.79. The van der Waals surface area contributed by atoms with Crippen LogP contribution in [0.2, 0.25) is 0 Å². The first-order valence-corrected chi connectivity index (χ1v) is 5.72. The zero-order valence-electron chi connectivity index (χ0n) is 7.91. The van der Waals surface area contributed by atoms with Gasteiger partial charge < -0.3 is 10.4 Å². The van der Waals surface area contributed by atoms with E-state index in [0.717, 1.165) is 10.2 Å². The van der Waals surface area contributed by atoms with Crippen LogP contribution in [0.4, 0.5) is 5.69 Å². The zero-order chi connectivity index (χ0) is 9.97. The summed E-state index contributed by atoms with van der Waals surface area (Å²) in [4.78, 5) is 0. The average Bonchev–Trinajstić information content (AvgIpc) is 3.01. The third kappa shape index (κ3) is 2.49. The summed E-state index contributed by atoms with van der Waals surface area (Å²) in [6, 6.07) is 8.29. The molecule has 0 saturated heterocycles. The van der Waals surface area contributed by atoms with E-state index in [2.05, 4.69) is 21.2 Å². The van der Waals surface area contributed by atoms with Gasteiger partial charge in [-0.2, -0.15) is 0 Å². The van der Waals surface area contributed by atoms with Crippen LogP contribution in [0.3, 0.4) is 0 Å². The second-order valence-electron chi connectivity index (χ2n) is 3.78. The fourth-order valence-electron chi connectivity index (χ4n) is 1.57. The number of halogens is 1. The first-order valence-electron chi connectivity index (χ1n) is 4.92. The van der Waals surface area contributed by atoms with Gasteiger partial charge >= 0.3 is 0 Å². The summed E-state index contributed by atoms with van der Waals surface area (Å²) in [6.07, 6.45) is 2.49. The van der Waals surface area contributed by atoms with Crippen LogP contribution in [0.25, 0.3) is 0 Å². The Balaban J connectivity index is 1.98. The summed E-state index contributed by atoms with van der Waals surface area (Å²) >= 11 is 3.39. The summed E-state index contributed by atoms with van der Waals surface area (Å²) < 4.78 is 1.08. The van der Waals surface area contributed by atoms with Gasteiger partial charge in [-0.25, -0.2) is 0 Å². The number of hydrogen-bond donors (Lipinski definition) is 2. The Kier molecular flexibility index (Phi) is 3.08. The maximum Gasteiger partial charge on any atom is 0.0635 e. The summed E-state index contributed by atoms with van der Waals surface area (Å²) in [5, 5.41) is 12.5. The van der Waals surface area contributed by atoms with E-state index in [1.165, 1.54) is 12.8 Å². The number of nitrogens with one attached hydrogen (secondary N) is 1. The lowest BCUT2D eigenvalue weighted by Gasteiger charge is -2.16. The Labute approximate surface area is 92.5 Å². The molecule has 0 heterocycles. The molecule has 14 heavy (non-hydrogen) atoms. The number of hydrogen-bond acceptors (Lipinski definition) is 2. The van der Waals surface area contributed by atoms with E-state index in [0.29, 0.717) is 5.92 Å². The van der Waals surface area contributed by atoms with Crippen molar-refractivity contribution in [1.29, 1.82) is 0 Å². The zero-order valence-corrected chi connectivity index (χ0v) is 9.50. The molecular weight excluding hydrogens is 242 g/mol. The summed E-state index contributed by atoms with van der Waals surface area (Å²) in [5.41, 5.74) is 1.08. The van der Waals surface area contributed by atoms with Crippen LogP contribution in [0, 0.1) is 5.92 Å². The molecule has 1 aliphatic rings. The van der Waals surface area contributed by atoms with Gasteiger partial charge in [-0.3, -0.25) is 0 Å². The molecule has 0 amide bonds. The van der Waals surface area contributed by atoms with Crippen LogP contribution < -0.4 is 5.32 Å². The van der Waals surface area contributed by atoms with Gasteiger partial charge in [0.25, 0.3) is 0 Å². The molecule has 3 heteroatoms. The Morgan fingerprint density at radius 3 is 2.50 bits per heavy atom. The molecule has 1 aromatic rings. The standard InChI is InChI=1S/C11H14BrNO/c12-9-3-5-10(6-4-9)13-11(7-14)8-1-2-8/h3-6,8,11,13-14H,1-2,7H2. The lowest BCUT2D eigenvalue weighted by molar-refractivity contribution is 0.263. The van der Waals surface area contributed by atoms with Crippen LogP contribution >= 0.6 is 15.9 Å². The third-order valence-corrected chi connectivity index (χ3v) is 3.11. The van der Waals surface area contributed by atoms with E-state index in [4.69, 9.17) is 0 Å². The highest BCUT2D eigenvalue weighted by Crippen LogP contribution is 2.34. The highest BCUT2D eigenvalue weighted by molar-refractivity contribution is 9.10.